The van der Waals surface area contributed by atoms with Gasteiger partial charge in [-0.05, 0) is 57.4 Å². The van der Waals surface area contributed by atoms with E-state index < -0.39 is 0 Å². The Bertz CT molecular complexity index is 433. The van der Waals surface area contributed by atoms with Crippen molar-refractivity contribution >= 4 is 5.78 Å². The van der Waals surface area contributed by atoms with Gasteiger partial charge in [-0.15, -0.1) is 0 Å². The molecule has 2 nitrogen and oxygen atoms in total. The Morgan fingerprint density at radius 3 is 2.08 bits per heavy atom. The number of rotatable bonds is 6. The number of unbranched alkanes of at least 4 members (excludes halogenated alkanes) is 2. The summed E-state index contributed by atoms with van der Waals surface area (Å²) in [7, 11) is 0. The molecule has 1 N–H and O–H groups in total. The molecule has 24 heavy (non-hydrogen) atoms. The first-order valence-corrected chi connectivity index (χ1v) is 9.99. The van der Waals surface area contributed by atoms with Crippen LogP contribution in [-0.2, 0) is 4.79 Å². The standard InChI is InChI=1S/C11H20O.C11H18O/c2*1-3-4-5-10-6-9(2)7-11(12)8-10/h7,10-12H,3-6,8H2,1-2H3;7,10H,3-6,8H2,1-2H3. The quantitative estimate of drug-likeness (QED) is 0.605. The van der Waals surface area contributed by atoms with Crippen LogP contribution in [0.1, 0.15) is 91.9 Å². The number of carbonyl (C=O) groups is 1. The third kappa shape index (κ3) is 8.82. The smallest absolute Gasteiger partial charge is 0.155 e. The van der Waals surface area contributed by atoms with Crippen molar-refractivity contribution in [2.75, 3.05) is 0 Å². The monoisotopic (exact) mass is 334 g/mol. The molecule has 2 aliphatic rings. The summed E-state index contributed by atoms with van der Waals surface area (Å²) in [6.07, 6.45) is 15.4. The molecule has 0 saturated carbocycles. The zero-order chi connectivity index (χ0) is 17.9. The van der Waals surface area contributed by atoms with Crippen LogP contribution in [0, 0.1) is 11.8 Å². The second-order valence-electron chi connectivity index (χ2n) is 7.90. The van der Waals surface area contributed by atoms with Crippen LogP contribution in [0.2, 0.25) is 0 Å². The minimum atomic E-state index is -0.166. The first-order chi connectivity index (χ1) is 11.4. The van der Waals surface area contributed by atoms with Crippen LogP contribution >= 0.6 is 0 Å². The van der Waals surface area contributed by atoms with Crippen molar-refractivity contribution in [1.29, 1.82) is 0 Å². The van der Waals surface area contributed by atoms with Gasteiger partial charge in [0.1, 0.15) is 0 Å². The Hall–Kier alpha value is -0.890. The van der Waals surface area contributed by atoms with Crippen LogP contribution < -0.4 is 0 Å². The Morgan fingerprint density at radius 1 is 0.958 bits per heavy atom. The highest BCUT2D eigenvalue weighted by molar-refractivity contribution is 5.91. The summed E-state index contributed by atoms with van der Waals surface area (Å²) in [5.74, 6) is 1.72. The molecular formula is C22H38O2. The molecule has 0 aromatic carbocycles. The number of carbonyl (C=O) groups excluding carboxylic acids is 1. The van der Waals surface area contributed by atoms with E-state index in [1.165, 1.54) is 56.1 Å². The van der Waals surface area contributed by atoms with Gasteiger partial charge in [0.25, 0.3) is 0 Å². The second kappa shape index (κ2) is 11.6. The Kier molecular flexibility index (Phi) is 10.2. The molecule has 0 bridgehead atoms. The minimum absolute atomic E-state index is 0.166. The predicted octanol–water partition coefficient (Wildman–Crippen LogP) is 6.00. The number of hydrogen-bond acceptors (Lipinski definition) is 2. The number of aliphatic hydroxyl groups excluding tert-OH is 1. The van der Waals surface area contributed by atoms with E-state index in [1.54, 1.807) is 0 Å². The summed E-state index contributed by atoms with van der Waals surface area (Å²) in [4.78, 5) is 11.2. The van der Waals surface area contributed by atoms with Gasteiger partial charge in [-0.25, -0.2) is 0 Å². The van der Waals surface area contributed by atoms with E-state index in [-0.39, 0.29) is 6.10 Å². The fourth-order valence-electron chi connectivity index (χ4n) is 3.96. The Balaban J connectivity index is 0.000000240. The van der Waals surface area contributed by atoms with Crippen molar-refractivity contribution in [2.45, 2.75) is 98.0 Å². The molecule has 2 aliphatic carbocycles. The molecule has 3 unspecified atom stereocenters. The minimum Gasteiger partial charge on any atom is -0.389 e. The highest BCUT2D eigenvalue weighted by Crippen LogP contribution is 2.28. The van der Waals surface area contributed by atoms with E-state index in [9.17, 15) is 9.90 Å². The van der Waals surface area contributed by atoms with Crippen molar-refractivity contribution in [1.82, 2.24) is 0 Å². The molecule has 0 radical (unpaired) electrons. The van der Waals surface area contributed by atoms with E-state index in [1.807, 2.05) is 12.2 Å². The van der Waals surface area contributed by atoms with Gasteiger partial charge >= 0.3 is 0 Å². The molecule has 2 rings (SSSR count). The maximum atomic E-state index is 11.2. The van der Waals surface area contributed by atoms with Gasteiger partial charge in [0.05, 0.1) is 6.10 Å². The van der Waals surface area contributed by atoms with Crippen LogP contribution in [0.4, 0.5) is 0 Å². The van der Waals surface area contributed by atoms with Crippen LogP contribution in [0.5, 0.6) is 0 Å². The van der Waals surface area contributed by atoms with Crippen LogP contribution in [-0.4, -0.2) is 17.0 Å². The van der Waals surface area contributed by atoms with Gasteiger partial charge < -0.3 is 5.11 Å². The first-order valence-electron chi connectivity index (χ1n) is 9.99. The van der Waals surface area contributed by atoms with Gasteiger partial charge in [0.2, 0.25) is 0 Å². The van der Waals surface area contributed by atoms with Crippen molar-refractivity contribution in [3.8, 4) is 0 Å². The summed E-state index contributed by atoms with van der Waals surface area (Å²) < 4.78 is 0. The van der Waals surface area contributed by atoms with Gasteiger partial charge in [-0.1, -0.05) is 63.2 Å². The zero-order valence-electron chi connectivity index (χ0n) is 16.3. The number of allylic oxidation sites excluding steroid dienone is 3. The van der Waals surface area contributed by atoms with Crippen molar-refractivity contribution in [3.05, 3.63) is 23.3 Å². The molecule has 0 aliphatic heterocycles. The summed E-state index contributed by atoms with van der Waals surface area (Å²) in [5, 5.41) is 9.47. The third-order valence-electron chi connectivity index (χ3n) is 5.10. The maximum Gasteiger partial charge on any atom is 0.155 e. The van der Waals surface area contributed by atoms with Gasteiger partial charge in [0.15, 0.2) is 5.78 Å². The fraction of sp³-hybridized carbons (Fsp3) is 0.773. The number of aliphatic hydroxyl groups is 1. The van der Waals surface area contributed by atoms with E-state index in [2.05, 4.69) is 27.7 Å². The lowest BCUT2D eigenvalue weighted by Crippen LogP contribution is -2.17. The lowest BCUT2D eigenvalue weighted by Gasteiger charge is -2.24. The number of hydrogen-bond donors (Lipinski definition) is 1. The highest BCUT2D eigenvalue weighted by atomic mass is 16.3. The fourth-order valence-corrected chi connectivity index (χ4v) is 3.96. The van der Waals surface area contributed by atoms with Gasteiger partial charge in [-0.2, -0.15) is 0 Å². The Morgan fingerprint density at radius 2 is 1.54 bits per heavy atom. The molecular weight excluding hydrogens is 296 g/mol. The van der Waals surface area contributed by atoms with E-state index in [0.29, 0.717) is 11.7 Å². The molecule has 3 atom stereocenters. The zero-order valence-corrected chi connectivity index (χ0v) is 16.3. The van der Waals surface area contributed by atoms with Crippen LogP contribution in [0.3, 0.4) is 0 Å². The average Bonchev–Trinajstić information content (AvgIpc) is 2.50. The second-order valence-corrected chi connectivity index (χ2v) is 7.90. The van der Waals surface area contributed by atoms with E-state index in [4.69, 9.17) is 0 Å². The first kappa shape index (κ1) is 21.2. The topological polar surface area (TPSA) is 37.3 Å². The largest absolute Gasteiger partial charge is 0.389 e. The molecule has 0 aromatic heterocycles. The highest BCUT2D eigenvalue weighted by Gasteiger charge is 2.18. The Labute approximate surface area is 149 Å². The summed E-state index contributed by atoms with van der Waals surface area (Å²) in [5.41, 5.74) is 2.64. The molecule has 138 valence electrons. The molecule has 0 heterocycles. The van der Waals surface area contributed by atoms with E-state index >= 15 is 0 Å². The predicted molar refractivity (Wildman–Crippen MR) is 103 cm³/mol. The SMILES string of the molecule is CCCCC1CC(=O)C=C(C)C1.CCCCC1CC(C)=CC(O)C1. The van der Waals surface area contributed by atoms with Gasteiger partial charge in [0, 0.05) is 6.42 Å². The molecule has 0 saturated heterocycles. The number of ketones is 1. The van der Waals surface area contributed by atoms with Crippen molar-refractivity contribution in [2.24, 2.45) is 11.8 Å². The van der Waals surface area contributed by atoms with E-state index in [0.717, 1.165) is 25.2 Å². The summed E-state index contributed by atoms with van der Waals surface area (Å²) >= 11 is 0. The lowest BCUT2D eigenvalue weighted by molar-refractivity contribution is -0.116. The van der Waals surface area contributed by atoms with Crippen LogP contribution in [0.25, 0.3) is 0 Å². The lowest BCUT2D eigenvalue weighted by atomic mass is 9.85. The molecule has 0 spiro atoms. The molecule has 2 heteroatoms. The van der Waals surface area contributed by atoms with Crippen molar-refractivity contribution in [3.63, 3.8) is 0 Å². The van der Waals surface area contributed by atoms with Crippen LogP contribution in [0.15, 0.2) is 23.3 Å². The van der Waals surface area contributed by atoms with Crippen molar-refractivity contribution < 1.29 is 9.90 Å². The molecule has 0 fully saturated rings. The maximum absolute atomic E-state index is 11.2. The summed E-state index contributed by atoms with van der Waals surface area (Å²) in [6, 6.07) is 0. The normalized spacial score (nSPS) is 27.0. The molecule has 0 amide bonds. The van der Waals surface area contributed by atoms with Gasteiger partial charge in [-0.3, -0.25) is 4.79 Å². The average molecular weight is 335 g/mol. The third-order valence-corrected chi connectivity index (χ3v) is 5.10. The molecule has 0 aromatic rings. The summed E-state index contributed by atoms with van der Waals surface area (Å²) in [6.45, 7) is 8.62.